The SMILES string of the molecule is CCc1cc(C(CC2CCCCC2)NC)n(CC)n1. The summed E-state index contributed by atoms with van der Waals surface area (Å²) in [5.74, 6) is 0.900. The largest absolute Gasteiger partial charge is 0.312 e. The lowest BCUT2D eigenvalue weighted by Crippen LogP contribution is -2.24. The first kappa shape index (κ1) is 14.6. The van der Waals surface area contributed by atoms with Crippen LogP contribution < -0.4 is 5.32 Å². The molecule has 0 saturated heterocycles. The molecule has 0 amide bonds. The second-order valence-electron chi connectivity index (χ2n) is 5.81. The van der Waals surface area contributed by atoms with E-state index in [0.717, 1.165) is 18.9 Å². The Balaban J connectivity index is 2.09. The predicted molar refractivity (Wildman–Crippen MR) is 80.3 cm³/mol. The Labute approximate surface area is 117 Å². The minimum atomic E-state index is 0.468. The summed E-state index contributed by atoms with van der Waals surface area (Å²) in [6, 6.07) is 2.77. The molecule has 3 nitrogen and oxygen atoms in total. The topological polar surface area (TPSA) is 29.9 Å². The van der Waals surface area contributed by atoms with Crippen LogP contribution in [-0.4, -0.2) is 16.8 Å². The van der Waals surface area contributed by atoms with Crippen LogP contribution >= 0.6 is 0 Å². The minimum Gasteiger partial charge on any atom is -0.312 e. The molecule has 0 bridgehead atoms. The molecule has 1 atom stereocenters. The maximum atomic E-state index is 4.69. The monoisotopic (exact) mass is 263 g/mol. The lowest BCUT2D eigenvalue weighted by molar-refractivity contribution is 0.299. The molecule has 1 unspecified atom stereocenters. The highest BCUT2D eigenvalue weighted by molar-refractivity contribution is 5.14. The Morgan fingerprint density at radius 2 is 2.05 bits per heavy atom. The van der Waals surface area contributed by atoms with Crippen molar-refractivity contribution in [1.29, 1.82) is 0 Å². The second-order valence-corrected chi connectivity index (χ2v) is 5.81. The van der Waals surface area contributed by atoms with Gasteiger partial charge in [0.25, 0.3) is 0 Å². The van der Waals surface area contributed by atoms with Gasteiger partial charge in [0.2, 0.25) is 0 Å². The highest BCUT2D eigenvalue weighted by Crippen LogP contribution is 2.32. The van der Waals surface area contributed by atoms with Gasteiger partial charge in [-0.15, -0.1) is 0 Å². The molecule has 0 aliphatic heterocycles. The van der Waals surface area contributed by atoms with Gasteiger partial charge in [-0.2, -0.15) is 5.10 Å². The standard InChI is InChI=1S/C16H29N3/c1-4-14-12-16(19(5-2)18-14)15(17-3)11-13-9-7-6-8-10-13/h12-13,15,17H,4-11H2,1-3H3. The van der Waals surface area contributed by atoms with E-state index in [1.54, 1.807) is 0 Å². The highest BCUT2D eigenvalue weighted by atomic mass is 15.3. The third kappa shape index (κ3) is 3.59. The van der Waals surface area contributed by atoms with Crippen LogP contribution in [0, 0.1) is 5.92 Å². The number of nitrogens with zero attached hydrogens (tertiary/aromatic N) is 2. The lowest BCUT2D eigenvalue weighted by atomic mass is 9.84. The van der Waals surface area contributed by atoms with Crippen molar-refractivity contribution in [3.8, 4) is 0 Å². The summed E-state index contributed by atoms with van der Waals surface area (Å²) < 4.78 is 2.18. The molecule has 0 radical (unpaired) electrons. The van der Waals surface area contributed by atoms with E-state index in [9.17, 15) is 0 Å². The Morgan fingerprint density at radius 1 is 1.32 bits per heavy atom. The number of aromatic nitrogens is 2. The van der Waals surface area contributed by atoms with Gasteiger partial charge in [-0.25, -0.2) is 0 Å². The van der Waals surface area contributed by atoms with Crippen LogP contribution in [0.15, 0.2) is 6.07 Å². The molecule has 3 heteroatoms. The molecule has 19 heavy (non-hydrogen) atoms. The molecule has 0 aromatic carbocycles. The first-order chi connectivity index (χ1) is 9.28. The normalized spacial score (nSPS) is 18.7. The summed E-state index contributed by atoms with van der Waals surface area (Å²) in [4.78, 5) is 0. The van der Waals surface area contributed by atoms with Crippen molar-refractivity contribution in [2.75, 3.05) is 7.05 Å². The molecule has 0 spiro atoms. The van der Waals surface area contributed by atoms with Gasteiger partial charge in [0.15, 0.2) is 0 Å². The van der Waals surface area contributed by atoms with E-state index < -0.39 is 0 Å². The first-order valence-corrected chi connectivity index (χ1v) is 8.02. The van der Waals surface area contributed by atoms with Crippen molar-refractivity contribution in [2.24, 2.45) is 5.92 Å². The van der Waals surface area contributed by atoms with Crippen molar-refractivity contribution in [3.63, 3.8) is 0 Å². The highest BCUT2D eigenvalue weighted by Gasteiger charge is 2.22. The van der Waals surface area contributed by atoms with Crippen LogP contribution in [0.2, 0.25) is 0 Å². The number of hydrogen-bond acceptors (Lipinski definition) is 2. The summed E-state index contributed by atoms with van der Waals surface area (Å²) in [6.45, 7) is 5.34. The maximum absolute atomic E-state index is 4.69. The molecule has 1 aromatic rings. The van der Waals surface area contributed by atoms with Crippen LogP contribution in [-0.2, 0) is 13.0 Å². The number of hydrogen-bond donors (Lipinski definition) is 1. The molecule has 1 aliphatic rings. The zero-order valence-corrected chi connectivity index (χ0v) is 12.8. The predicted octanol–water partition coefficient (Wildman–Crippen LogP) is 3.70. The molecule has 1 aliphatic carbocycles. The van der Waals surface area contributed by atoms with Crippen molar-refractivity contribution in [1.82, 2.24) is 15.1 Å². The number of nitrogens with one attached hydrogen (secondary N) is 1. The van der Waals surface area contributed by atoms with Crippen LogP contribution in [0.4, 0.5) is 0 Å². The second kappa shape index (κ2) is 7.09. The summed E-state index contributed by atoms with van der Waals surface area (Å²) in [6.07, 6.45) is 9.42. The fraction of sp³-hybridized carbons (Fsp3) is 0.812. The first-order valence-electron chi connectivity index (χ1n) is 8.02. The van der Waals surface area contributed by atoms with Crippen LogP contribution in [0.3, 0.4) is 0 Å². The van der Waals surface area contributed by atoms with Gasteiger partial charge in [0.05, 0.1) is 11.4 Å². The van der Waals surface area contributed by atoms with Crippen molar-refractivity contribution in [2.45, 2.75) is 71.4 Å². The third-order valence-electron chi connectivity index (χ3n) is 4.52. The van der Waals surface area contributed by atoms with Gasteiger partial charge >= 0.3 is 0 Å². The molecule has 1 aromatic heterocycles. The Bertz CT molecular complexity index is 377. The Kier molecular flexibility index (Phi) is 5.44. The maximum Gasteiger partial charge on any atom is 0.0625 e. The van der Waals surface area contributed by atoms with Crippen LogP contribution in [0.5, 0.6) is 0 Å². The lowest BCUT2D eigenvalue weighted by Gasteiger charge is -2.26. The molecule has 2 rings (SSSR count). The summed E-state index contributed by atoms with van der Waals surface area (Å²) in [5.41, 5.74) is 2.60. The molecular weight excluding hydrogens is 234 g/mol. The number of aryl methyl sites for hydroxylation is 2. The summed E-state index contributed by atoms with van der Waals surface area (Å²) >= 11 is 0. The zero-order valence-electron chi connectivity index (χ0n) is 12.8. The van der Waals surface area contributed by atoms with Gasteiger partial charge in [-0.1, -0.05) is 39.0 Å². The molecule has 1 saturated carbocycles. The Morgan fingerprint density at radius 3 is 2.63 bits per heavy atom. The fourth-order valence-electron chi connectivity index (χ4n) is 3.34. The van der Waals surface area contributed by atoms with E-state index in [4.69, 9.17) is 0 Å². The molecule has 1 fully saturated rings. The zero-order chi connectivity index (χ0) is 13.7. The van der Waals surface area contributed by atoms with Crippen LogP contribution in [0.25, 0.3) is 0 Å². The van der Waals surface area contributed by atoms with Crippen LogP contribution in [0.1, 0.15) is 69.8 Å². The quantitative estimate of drug-likeness (QED) is 0.848. The van der Waals surface area contributed by atoms with Crippen molar-refractivity contribution < 1.29 is 0 Å². The van der Waals surface area contributed by atoms with E-state index in [0.29, 0.717) is 6.04 Å². The van der Waals surface area contributed by atoms with Crippen molar-refractivity contribution in [3.05, 3.63) is 17.5 Å². The van der Waals surface area contributed by atoms with Gasteiger partial charge in [-0.3, -0.25) is 4.68 Å². The van der Waals surface area contributed by atoms with E-state index in [2.05, 4.69) is 42.1 Å². The molecular formula is C16H29N3. The summed E-state index contributed by atoms with van der Waals surface area (Å²) in [5, 5.41) is 8.20. The van der Waals surface area contributed by atoms with E-state index in [1.165, 1.54) is 49.9 Å². The average molecular weight is 263 g/mol. The average Bonchev–Trinajstić information content (AvgIpc) is 2.89. The van der Waals surface area contributed by atoms with Gasteiger partial charge in [0, 0.05) is 12.6 Å². The molecule has 108 valence electrons. The molecule has 1 N–H and O–H groups in total. The minimum absolute atomic E-state index is 0.468. The number of rotatable bonds is 6. The van der Waals surface area contributed by atoms with Crippen molar-refractivity contribution >= 4 is 0 Å². The van der Waals surface area contributed by atoms with E-state index in [1.807, 2.05) is 0 Å². The fourth-order valence-corrected chi connectivity index (χ4v) is 3.34. The van der Waals surface area contributed by atoms with E-state index in [-0.39, 0.29) is 0 Å². The van der Waals surface area contributed by atoms with Gasteiger partial charge in [-0.05, 0) is 38.8 Å². The van der Waals surface area contributed by atoms with Gasteiger partial charge in [0.1, 0.15) is 0 Å². The smallest absolute Gasteiger partial charge is 0.0625 e. The van der Waals surface area contributed by atoms with E-state index >= 15 is 0 Å². The molecule has 1 heterocycles. The summed E-state index contributed by atoms with van der Waals surface area (Å²) in [7, 11) is 2.09. The van der Waals surface area contributed by atoms with Gasteiger partial charge < -0.3 is 5.32 Å². The Hall–Kier alpha value is -0.830. The third-order valence-corrected chi connectivity index (χ3v) is 4.52.